The van der Waals surface area contributed by atoms with E-state index in [2.05, 4.69) is 6.92 Å². The smallest absolute Gasteiger partial charge is 0.255 e. The second kappa shape index (κ2) is 8.33. The molecule has 1 heterocycles. The molecule has 124 valence electrons. The number of ether oxygens (including phenoxy) is 2. The van der Waals surface area contributed by atoms with Gasteiger partial charge in [-0.15, -0.1) is 0 Å². The summed E-state index contributed by atoms with van der Waals surface area (Å²) in [6, 6.07) is 7.09. The zero-order chi connectivity index (χ0) is 16.7. The van der Waals surface area contributed by atoms with Crippen molar-refractivity contribution in [2.24, 2.45) is 5.73 Å². The largest absolute Gasteiger partial charge is 0.484 e. The SMILES string of the molecule is CC[C@H]1CN(C(=O)/C=C/c2ccc(OCC(N)=O)cc2)CCO1. The third-order valence-electron chi connectivity index (χ3n) is 3.59. The van der Waals surface area contributed by atoms with Crippen LogP contribution in [-0.4, -0.2) is 49.1 Å². The number of hydrogen-bond donors (Lipinski definition) is 1. The second-order valence-corrected chi connectivity index (χ2v) is 5.34. The van der Waals surface area contributed by atoms with Gasteiger partial charge in [0.1, 0.15) is 5.75 Å². The number of carbonyl (C=O) groups excluding carboxylic acids is 2. The molecule has 1 aliphatic rings. The van der Waals surface area contributed by atoms with Gasteiger partial charge in [-0.25, -0.2) is 0 Å². The van der Waals surface area contributed by atoms with Crippen LogP contribution >= 0.6 is 0 Å². The van der Waals surface area contributed by atoms with Crippen LogP contribution < -0.4 is 10.5 Å². The van der Waals surface area contributed by atoms with Crippen LogP contribution in [0.2, 0.25) is 0 Å². The van der Waals surface area contributed by atoms with Crippen molar-refractivity contribution in [2.75, 3.05) is 26.3 Å². The van der Waals surface area contributed by atoms with Gasteiger partial charge >= 0.3 is 0 Å². The lowest BCUT2D eigenvalue weighted by Gasteiger charge is -2.31. The highest BCUT2D eigenvalue weighted by Gasteiger charge is 2.21. The average Bonchev–Trinajstić information content (AvgIpc) is 2.58. The van der Waals surface area contributed by atoms with E-state index in [9.17, 15) is 9.59 Å². The molecule has 1 fully saturated rings. The van der Waals surface area contributed by atoms with Crippen LogP contribution in [-0.2, 0) is 14.3 Å². The average molecular weight is 318 g/mol. The number of nitrogens with zero attached hydrogens (tertiary/aromatic N) is 1. The summed E-state index contributed by atoms with van der Waals surface area (Å²) in [6.45, 7) is 3.75. The predicted molar refractivity (Wildman–Crippen MR) is 86.8 cm³/mol. The fourth-order valence-electron chi connectivity index (χ4n) is 2.27. The molecule has 1 aliphatic heterocycles. The van der Waals surface area contributed by atoms with Crippen LogP contribution in [0.3, 0.4) is 0 Å². The highest BCUT2D eigenvalue weighted by atomic mass is 16.5. The third-order valence-corrected chi connectivity index (χ3v) is 3.59. The summed E-state index contributed by atoms with van der Waals surface area (Å²) in [6.07, 6.45) is 4.36. The fraction of sp³-hybridized carbons (Fsp3) is 0.412. The Labute approximate surface area is 135 Å². The first-order valence-corrected chi connectivity index (χ1v) is 7.68. The van der Waals surface area contributed by atoms with Crippen molar-refractivity contribution in [3.8, 4) is 5.75 Å². The van der Waals surface area contributed by atoms with E-state index in [1.807, 2.05) is 12.1 Å². The number of hydrogen-bond acceptors (Lipinski definition) is 4. The van der Waals surface area contributed by atoms with Gasteiger partial charge in [0.05, 0.1) is 12.7 Å². The first kappa shape index (κ1) is 17.0. The van der Waals surface area contributed by atoms with E-state index in [1.165, 1.54) is 0 Å². The molecule has 6 nitrogen and oxygen atoms in total. The molecule has 0 bridgehead atoms. The van der Waals surface area contributed by atoms with Gasteiger partial charge in [-0.1, -0.05) is 19.1 Å². The maximum atomic E-state index is 12.2. The molecule has 0 radical (unpaired) electrons. The van der Waals surface area contributed by atoms with Gasteiger partial charge in [-0.2, -0.15) is 0 Å². The lowest BCUT2D eigenvalue weighted by atomic mass is 10.2. The number of rotatable bonds is 6. The predicted octanol–water partition coefficient (Wildman–Crippen LogP) is 1.20. The van der Waals surface area contributed by atoms with Gasteiger partial charge in [0, 0.05) is 19.2 Å². The fourth-order valence-corrected chi connectivity index (χ4v) is 2.27. The Hall–Kier alpha value is -2.34. The van der Waals surface area contributed by atoms with Gasteiger partial charge in [0.25, 0.3) is 5.91 Å². The first-order chi connectivity index (χ1) is 11.1. The number of morpholine rings is 1. The monoisotopic (exact) mass is 318 g/mol. The number of nitrogens with two attached hydrogens (primary N) is 1. The van der Waals surface area contributed by atoms with Crippen molar-refractivity contribution in [1.82, 2.24) is 4.90 Å². The summed E-state index contributed by atoms with van der Waals surface area (Å²) in [5.74, 6) is 0.0301. The summed E-state index contributed by atoms with van der Waals surface area (Å²) in [4.78, 5) is 24.6. The van der Waals surface area contributed by atoms with Gasteiger partial charge in [0.15, 0.2) is 6.61 Å². The molecular formula is C17H22N2O4. The van der Waals surface area contributed by atoms with Crippen LogP contribution in [0.4, 0.5) is 0 Å². The Kier molecular flexibility index (Phi) is 6.17. The molecule has 1 aromatic carbocycles. The lowest BCUT2D eigenvalue weighted by Crippen LogP contribution is -2.44. The first-order valence-electron chi connectivity index (χ1n) is 7.68. The molecule has 2 amide bonds. The Morgan fingerprint density at radius 3 is 2.78 bits per heavy atom. The van der Waals surface area contributed by atoms with E-state index < -0.39 is 5.91 Å². The van der Waals surface area contributed by atoms with Crippen molar-refractivity contribution >= 4 is 17.9 Å². The van der Waals surface area contributed by atoms with Crippen molar-refractivity contribution in [2.45, 2.75) is 19.4 Å². The van der Waals surface area contributed by atoms with E-state index >= 15 is 0 Å². The molecule has 1 saturated heterocycles. The van der Waals surface area contributed by atoms with Crippen LogP contribution in [0.5, 0.6) is 5.75 Å². The maximum absolute atomic E-state index is 12.2. The van der Waals surface area contributed by atoms with E-state index in [-0.39, 0.29) is 18.6 Å². The maximum Gasteiger partial charge on any atom is 0.255 e. The van der Waals surface area contributed by atoms with Gasteiger partial charge < -0.3 is 20.1 Å². The molecule has 0 spiro atoms. The molecule has 6 heteroatoms. The topological polar surface area (TPSA) is 81.9 Å². The van der Waals surface area contributed by atoms with Crippen LogP contribution in [0.25, 0.3) is 6.08 Å². The third kappa shape index (κ3) is 5.41. The Morgan fingerprint density at radius 1 is 1.39 bits per heavy atom. The quantitative estimate of drug-likeness (QED) is 0.799. The number of carbonyl (C=O) groups is 2. The molecule has 1 atom stereocenters. The molecular weight excluding hydrogens is 296 g/mol. The molecule has 23 heavy (non-hydrogen) atoms. The molecule has 2 N–H and O–H groups in total. The van der Waals surface area contributed by atoms with Crippen molar-refractivity contribution in [3.63, 3.8) is 0 Å². The summed E-state index contributed by atoms with van der Waals surface area (Å²) in [7, 11) is 0. The molecule has 0 aromatic heterocycles. The normalized spacial score (nSPS) is 18.1. The molecule has 0 unspecified atom stereocenters. The Bertz CT molecular complexity index is 568. The Balaban J connectivity index is 1.89. The van der Waals surface area contributed by atoms with E-state index in [0.717, 1.165) is 12.0 Å². The molecule has 1 aromatic rings. The summed E-state index contributed by atoms with van der Waals surface area (Å²) in [5, 5.41) is 0. The minimum absolute atomic E-state index is 0.0131. The van der Waals surface area contributed by atoms with Crippen LogP contribution in [0.15, 0.2) is 30.3 Å². The van der Waals surface area contributed by atoms with Crippen molar-refractivity contribution in [1.29, 1.82) is 0 Å². The van der Waals surface area contributed by atoms with Gasteiger partial charge in [-0.3, -0.25) is 9.59 Å². The van der Waals surface area contributed by atoms with Crippen molar-refractivity contribution in [3.05, 3.63) is 35.9 Å². The number of primary amides is 1. The minimum atomic E-state index is -0.518. The Morgan fingerprint density at radius 2 is 2.13 bits per heavy atom. The van der Waals surface area contributed by atoms with Crippen LogP contribution in [0.1, 0.15) is 18.9 Å². The number of benzene rings is 1. The van der Waals surface area contributed by atoms with E-state index in [4.69, 9.17) is 15.2 Å². The lowest BCUT2D eigenvalue weighted by molar-refractivity contribution is -0.133. The summed E-state index contributed by atoms with van der Waals surface area (Å²) in [5.41, 5.74) is 5.90. The molecule has 2 rings (SSSR count). The van der Waals surface area contributed by atoms with E-state index in [1.54, 1.807) is 29.2 Å². The zero-order valence-electron chi connectivity index (χ0n) is 13.2. The second-order valence-electron chi connectivity index (χ2n) is 5.34. The summed E-state index contributed by atoms with van der Waals surface area (Å²) < 4.78 is 10.7. The molecule has 0 saturated carbocycles. The highest BCUT2D eigenvalue weighted by molar-refractivity contribution is 5.91. The summed E-state index contributed by atoms with van der Waals surface area (Å²) >= 11 is 0. The van der Waals surface area contributed by atoms with Crippen LogP contribution in [0, 0.1) is 0 Å². The zero-order valence-corrected chi connectivity index (χ0v) is 13.2. The molecule has 0 aliphatic carbocycles. The van der Waals surface area contributed by atoms with E-state index in [0.29, 0.717) is 25.4 Å². The highest BCUT2D eigenvalue weighted by Crippen LogP contribution is 2.14. The standard InChI is InChI=1S/C17H22N2O4/c1-2-14-11-19(9-10-22-14)17(21)8-5-13-3-6-15(7-4-13)23-12-16(18)20/h3-8,14H,2,9-12H2,1H3,(H2,18,20)/b8-5+/t14-/m0/s1. The van der Waals surface area contributed by atoms with Crippen molar-refractivity contribution < 1.29 is 19.1 Å². The number of amides is 2. The minimum Gasteiger partial charge on any atom is -0.484 e. The van der Waals surface area contributed by atoms with Gasteiger partial charge in [-0.05, 0) is 30.2 Å². The van der Waals surface area contributed by atoms with Gasteiger partial charge in [0.2, 0.25) is 5.91 Å².